The highest BCUT2D eigenvalue weighted by molar-refractivity contribution is 7.98. The number of hydrogen-bond donors (Lipinski definition) is 1. The summed E-state index contributed by atoms with van der Waals surface area (Å²) in [5.74, 6) is 0.515. The molecule has 0 saturated heterocycles. The van der Waals surface area contributed by atoms with Crippen molar-refractivity contribution in [2.75, 3.05) is 49.3 Å². The molecular weight excluding hydrogens is 426 g/mol. The number of aromatic nitrogens is 2. The monoisotopic (exact) mass is 457 g/mol. The number of carbonyl (C=O) groups is 2. The molecule has 1 aliphatic rings. The van der Waals surface area contributed by atoms with Crippen LogP contribution in [0.1, 0.15) is 36.7 Å². The predicted molar refractivity (Wildman–Crippen MR) is 128 cm³/mol. The molecule has 9 heteroatoms. The van der Waals surface area contributed by atoms with Gasteiger partial charge in [-0.15, -0.1) is 0 Å². The number of nitrogens with zero attached hydrogens (tertiary/aromatic N) is 5. The molecule has 0 fully saturated rings. The lowest BCUT2D eigenvalue weighted by Crippen LogP contribution is -2.38. The molecule has 2 heterocycles. The van der Waals surface area contributed by atoms with E-state index < -0.39 is 6.09 Å². The summed E-state index contributed by atoms with van der Waals surface area (Å²) in [5.41, 5.74) is 2.15. The van der Waals surface area contributed by atoms with Gasteiger partial charge in [0.2, 0.25) is 0 Å². The minimum Gasteiger partial charge on any atom is -0.465 e. The van der Waals surface area contributed by atoms with Crippen LogP contribution in [0.15, 0.2) is 35.6 Å². The van der Waals surface area contributed by atoms with E-state index in [1.807, 2.05) is 63.2 Å². The molecule has 1 aromatic carbocycles. The first kappa shape index (κ1) is 23.8. The first-order valence-electron chi connectivity index (χ1n) is 10.6. The third-order valence-corrected chi connectivity index (χ3v) is 5.82. The van der Waals surface area contributed by atoms with Gasteiger partial charge in [-0.1, -0.05) is 44.7 Å². The summed E-state index contributed by atoms with van der Waals surface area (Å²) in [6.45, 7) is 8.11. The van der Waals surface area contributed by atoms with Crippen LogP contribution in [0.4, 0.5) is 16.3 Å². The second kappa shape index (κ2) is 9.77. The molecule has 2 amide bonds. The second-order valence-corrected chi connectivity index (χ2v) is 9.93. The first-order chi connectivity index (χ1) is 15.1. The topological polar surface area (TPSA) is 89.9 Å². The fourth-order valence-electron chi connectivity index (χ4n) is 3.71. The number of carbonyl (C=O) groups excluding carboxylic acids is 1. The van der Waals surface area contributed by atoms with E-state index >= 15 is 0 Å². The van der Waals surface area contributed by atoms with Crippen LogP contribution in [0.25, 0.3) is 0 Å². The molecule has 0 aliphatic carbocycles. The number of carboxylic acid groups (broad SMARTS) is 1. The molecule has 1 aliphatic heterocycles. The van der Waals surface area contributed by atoms with Gasteiger partial charge in [0.15, 0.2) is 5.16 Å². The molecule has 1 N–H and O–H groups in total. The summed E-state index contributed by atoms with van der Waals surface area (Å²) in [6.07, 6.45) is 3.18. The van der Waals surface area contributed by atoms with Crippen molar-refractivity contribution in [1.29, 1.82) is 0 Å². The Morgan fingerprint density at radius 2 is 2.03 bits per heavy atom. The Labute approximate surface area is 193 Å². The third kappa shape index (κ3) is 5.70. The number of amides is 2. The van der Waals surface area contributed by atoms with Gasteiger partial charge in [-0.25, -0.2) is 14.8 Å². The van der Waals surface area contributed by atoms with Crippen molar-refractivity contribution in [1.82, 2.24) is 14.9 Å². The van der Waals surface area contributed by atoms with Gasteiger partial charge in [0, 0.05) is 45.1 Å². The van der Waals surface area contributed by atoms with Gasteiger partial charge in [0.25, 0.3) is 5.91 Å². The van der Waals surface area contributed by atoms with Crippen LogP contribution < -0.4 is 9.80 Å². The van der Waals surface area contributed by atoms with E-state index in [0.717, 1.165) is 11.3 Å². The minimum absolute atomic E-state index is 0.115. The predicted octanol–water partition coefficient (Wildman–Crippen LogP) is 3.86. The lowest BCUT2D eigenvalue weighted by Gasteiger charge is -2.28. The molecule has 1 aromatic heterocycles. The lowest BCUT2D eigenvalue weighted by atomic mass is 9.96. The number of rotatable bonds is 6. The Kier molecular flexibility index (Phi) is 7.28. The van der Waals surface area contributed by atoms with Crippen LogP contribution in [0.3, 0.4) is 0 Å². The molecule has 0 radical (unpaired) electrons. The zero-order chi connectivity index (χ0) is 23.5. The molecule has 0 atom stereocenters. The Hall–Kier alpha value is -2.81. The largest absolute Gasteiger partial charge is 0.465 e. The number of thioether (sulfide) groups is 1. The van der Waals surface area contributed by atoms with Gasteiger partial charge in [-0.3, -0.25) is 4.79 Å². The highest BCUT2D eigenvalue weighted by Gasteiger charge is 2.28. The average Bonchev–Trinajstić information content (AvgIpc) is 2.86. The van der Waals surface area contributed by atoms with Crippen LogP contribution >= 0.6 is 11.8 Å². The van der Waals surface area contributed by atoms with Crippen molar-refractivity contribution in [3.8, 4) is 0 Å². The highest BCUT2D eigenvalue weighted by Crippen LogP contribution is 2.27. The maximum atomic E-state index is 13.3. The number of fused-ring (bicyclic) bond motifs is 1. The van der Waals surface area contributed by atoms with Crippen LogP contribution in [0.2, 0.25) is 0 Å². The number of hydrogen-bond acceptors (Lipinski definition) is 6. The summed E-state index contributed by atoms with van der Waals surface area (Å²) in [5, 5.41) is 10.2. The fourth-order valence-corrected chi connectivity index (χ4v) is 4.04. The van der Waals surface area contributed by atoms with E-state index in [4.69, 9.17) is 0 Å². The normalized spacial score (nSPS) is 14.2. The molecule has 3 rings (SSSR count). The van der Waals surface area contributed by atoms with E-state index in [1.165, 1.54) is 16.7 Å². The standard InChI is InChI=1S/C23H31N5O3S/c1-23(2,3)15-27(22(30)31)10-9-16-7-6-8-17(13-16)28-12-11-26(4)19-18(20(28)29)14-24-21(25-19)32-5/h6-8,13-14H,9-12,15H2,1-5H3,(H,30,31). The lowest BCUT2D eigenvalue weighted by molar-refractivity contribution is 0.0989. The van der Waals surface area contributed by atoms with Gasteiger partial charge in [-0.05, 0) is 35.8 Å². The van der Waals surface area contributed by atoms with Crippen LogP contribution in [0.5, 0.6) is 0 Å². The molecule has 0 saturated carbocycles. The Balaban J connectivity index is 1.81. The van der Waals surface area contributed by atoms with Crippen molar-refractivity contribution >= 4 is 35.3 Å². The van der Waals surface area contributed by atoms with Gasteiger partial charge in [-0.2, -0.15) is 0 Å². The van der Waals surface area contributed by atoms with E-state index in [-0.39, 0.29) is 11.3 Å². The van der Waals surface area contributed by atoms with Crippen LogP contribution in [-0.4, -0.2) is 71.5 Å². The highest BCUT2D eigenvalue weighted by atomic mass is 32.2. The summed E-state index contributed by atoms with van der Waals surface area (Å²) in [7, 11) is 1.93. The van der Waals surface area contributed by atoms with Crippen molar-refractivity contribution in [3.63, 3.8) is 0 Å². The van der Waals surface area contributed by atoms with Gasteiger partial charge >= 0.3 is 6.09 Å². The Morgan fingerprint density at radius 3 is 2.69 bits per heavy atom. The van der Waals surface area contributed by atoms with Crippen LogP contribution in [-0.2, 0) is 6.42 Å². The molecule has 2 aromatic rings. The molecule has 0 bridgehead atoms. The van der Waals surface area contributed by atoms with Crippen molar-refractivity contribution < 1.29 is 14.7 Å². The summed E-state index contributed by atoms with van der Waals surface area (Å²) in [4.78, 5) is 39.0. The van der Waals surface area contributed by atoms with Crippen molar-refractivity contribution in [3.05, 3.63) is 41.6 Å². The van der Waals surface area contributed by atoms with E-state index in [0.29, 0.717) is 49.1 Å². The molecule has 0 unspecified atom stereocenters. The van der Waals surface area contributed by atoms with Gasteiger partial charge < -0.3 is 19.8 Å². The minimum atomic E-state index is -0.914. The van der Waals surface area contributed by atoms with Gasteiger partial charge in [0.05, 0.1) is 0 Å². The maximum Gasteiger partial charge on any atom is 0.407 e. The number of benzene rings is 1. The maximum absolute atomic E-state index is 13.3. The quantitative estimate of drug-likeness (QED) is 0.520. The van der Waals surface area contributed by atoms with Crippen molar-refractivity contribution in [2.45, 2.75) is 32.3 Å². The van der Waals surface area contributed by atoms with E-state index in [1.54, 1.807) is 11.1 Å². The summed E-state index contributed by atoms with van der Waals surface area (Å²) < 4.78 is 0. The summed E-state index contributed by atoms with van der Waals surface area (Å²) in [6, 6.07) is 7.76. The Morgan fingerprint density at radius 1 is 1.28 bits per heavy atom. The molecule has 8 nitrogen and oxygen atoms in total. The SMILES string of the molecule is CSc1ncc2c(n1)N(C)CCN(c1cccc(CCN(CC(C)(C)C)C(=O)O)c1)C2=O. The first-order valence-corrected chi connectivity index (χ1v) is 11.8. The summed E-state index contributed by atoms with van der Waals surface area (Å²) >= 11 is 1.44. The molecule has 32 heavy (non-hydrogen) atoms. The fraction of sp³-hybridized carbons (Fsp3) is 0.478. The third-order valence-electron chi connectivity index (χ3n) is 5.25. The average molecular weight is 458 g/mol. The zero-order valence-corrected chi connectivity index (χ0v) is 20.1. The van der Waals surface area contributed by atoms with Crippen molar-refractivity contribution in [2.24, 2.45) is 5.41 Å². The van der Waals surface area contributed by atoms with E-state index in [9.17, 15) is 14.7 Å². The smallest absolute Gasteiger partial charge is 0.407 e. The molecular formula is C23H31N5O3S. The second-order valence-electron chi connectivity index (χ2n) is 9.16. The molecule has 0 spiro atoms. The zero-order valence-electron chi connectivity index (χ0n) is 19.3. The number of anilines is 2. The van der Waals surface area contributed by atoms with Gasteiger partial charge in [0.1, 0.15) is 11.4 Å². The number of likely N-dealkylation sites (N-methyl/N-ethyl adjacent to an activating group) is 1. The van der Waals surface area contributed by atoms with Crippen LogP contribution in [0, 0.1) is 5.41 Å². The molecule has 172 valence electrons. The van der Waals surface area contributed by atoms with E-state index in [2.05, 4.69) is 9.97 Å². The Bertz CT molecular complexity index is 992.